The van der Waals surface area contributed by atoms with Crippen LogP contribution < -0.4 is 0 Å². The number of ketones is 1. The van der Waals surface area contributed by atoms with E-state index in [0.717, 1.165) is 20.6 Å². The number of hydrogen-bond donors (Lipinski definition) is 0. The predicted octanol–water partition coefficient (Wildman–Crippen LogP) is 3.43. The predicted molar refractivity (Wildman–Crippen MR) is 64.6 cm³/mol. The Hall–Kier alpha value is -0.190. The van der Waals surface area contributed by atoms with E-state index in [0.29, 0.717) is 12.5 Å². The van der Waals surface area contributed by atoms with Crippen LogP contribution in [0.4, 0.5) is 0 Å². The van der Waals surface area contributed by atoms with E-state index in [1.54, 1.807) is 0 Å². The molecule has 2 rings (SSSR count). The zero-order valence-corrected chi connectivity index (χ0v) is 11.2. The number of ether oxygens (including phenoxy) is 1. The molecule has 1 saturated heterocycles. The molecule has 0 aliphatic carbocycles. The molecule has 1 fully saturated rings. The van der Waals surface area contributed by atoms with Crippen molar-refractivity contribution in [2.24, 2.45) is 5.92 Å². The summed E-state index contributed by atoms with van der Waals surface area (Å²) in [6, 6.07) is 1.94. The van der Waals surface area contributed by atoms with Crippen molar-refractivity contribution in [3.05, 3.63) is 20.3 Å². The van der Waals surface area contributed by atoms with Crippen LogP contribution in [0.1, 0.15) is 28.6 Å². The molecule has 4 heteroatoms. The number of carbonyl (C=O) groups is 1. The zero-order valence-electron chi connectivity index (χ0n) is 8.75. The minimum absolute atomic E-state index is 0.138. The van der Waals surface area contributed by atoms with Gasteiger partial charge in [-0.25, -0.2) is 0 Å². The van der Waals surface area contributed by atoms with Crippen LogP contribution in [0.5, 0.6) is 0 Å². The first-order valence-corrected chi connectivity index (χ1v) is 6.62. The molecule has 0 radical (unpaired) electrons. The number of aryl methyl sites for hydroxylation is 1. The van der Waals surface area contributed by atoms with E-state index in [2.05, 4.69) is 22.9 Å². The quantitative estimate of drug-likeness (QED) is 0.780. The zero-order chi connectivity index (χ0) is 11.0. The fourth-order valence-electron chi connectivity index (χ4n) is 1.75. The molecular formula is C11H13BrO2S. The van der Waals surface area contributed by atoms with Crippen molar-refractivity contribution in [1.82, 2.24) is 0 Å². The number of carbonyl (C=O) groups excluding carboxylic acids is 1. The molecular weight excluding hydrogens is 276 g/mol. The minimum atomic E-state index is -0.227. The van der Waals surface area contributed by atoms with Gasteiger partial charge < -0.3 is 4.74 Å². The lowest BCUT2D eigenvalue weighted by Crippen LogP contribution is -2.24. The fourth-order valence-corrected chi connectivity index (χ4v) is 3.26. The Morgan fingerprint density at radius 1 is 1.67 bits per heavy atom. The Kier molecular flexibility index (Phi) is 3.28. The van der Waals surface area contributed by atoms with E-state index >= 15 is 0 Å². The number of Topliss-reactive ketones (excluding diaryl/α,β-unsaturated/α-hetero) is 1. The van der Waals surface area contributed by atoms with E-state index < -0.39 is 0 Å². The molecule has 0 saturated carbocycles. The van der Waals surface area contributed by atoms with Gasteiger partial charge in [-0.2, -0.15) is 0 Å². The van der Waals surface area contributed by atoms with Gasteiger partial charge >= 0.3 is 0 Å². The molecule has 0 aromatic carbocycles. The van der Waals surface area contributed by atoms with Gasteiger partial charge in [-0.15, -0.1) is 11.3 Å². The highest BCUT2D eigenvalue weighted by Crippen LogP contribution is 2.31. The smallest absolute Gasteiger partial charge is 0.201 e. The van der Waals surface area contributed by atoms with Gasteiger partial charge in [0, 0.05) is 6.61 Å². The van der Waals surface area contributed by atoms with Crippen LogP contribution in [0.3, 0.4) is 0 Å². The van der Waals surface area contributed by atoms with Gasteiger partial charge in [0.15, 0.2) is 0 Å². The highest BCUT2D eigenvalue weighted by atomic mass is 79.9. The molecule has 82 valence electrons. The molecule has 2 nitrogen and oxygen atoms in total. The third kappa shape index (κ3) is 2.17. The normalized spacial score (nSPS) is 25.8. The first-order valence-electron chi connectivity index (χ1n) is 5.01. The van der Waals surface area contributed by atoms with Crippen molar-refractivity contribution in [2.45, 2.75) is 26.4 Å². The molecule has 1 aromatic heterocycles. The van der Waals surface area contributed by atoms with E-state index in [4.69, 9.17) is 4.74 Å². The second-order valence-corrected chi connectivity index (χ2v) is 6.36. The van der Waals surface area contributed by atoms with Gasteiger partial charge in [-0.3, -0.25) is 4.79 Å². The van der Waals surface area contributed by atoms with Crippen LogP contribution in [0, 0.1) is 12.8 Å². The van der Waals surface area contributed by atoms with Gasteiger partial charge in [0.1, 0.15) is 6.10 Å². The summed E-state index contributed by atoms with van der Waals surface area (Å²) in [4.78, 5) is 12.9. The largest absolute Gasteiger partial charge is 0.370 e. The van der Waals surface area contributed by atoms with Crippen LogP contribution in [0.25, 0.3) is 0 Å². The maximum absolute atomic E-state index is 12.1. The SMILES string of the molecule is Cc1cc(C(=O)C2OCCC2C)sc1Br. The molecule has 0 amide bonds. The lowest BCUT2D eigenvalue weighted by atomic mass is 10.00. The topological polar surface area (TPSA) is 26.3 Å². The second-order valence-electron chi connectivity index (χ2n) is 3.99. The molecule has 0 spiro atoms. The monoisotopic (exact) mass is 288 g/mol. The summed E-state index contributed by atoms with van der Waals surface area (Å²) in [7, 11) is 0. The van der Waals surface area contributed by atoms with Crippen molar-refractivity contribution in [1.29, 1.82) is 0 Å². The minimum Gasteiger partial charge on any atom is -0.370 e. The highest BCUT2D eigenvalue weighted by molar-refractivity contribution is 9.11. The number of thiophene rings is 1. The van der Waals surface area contributed by atoms with Crippen LogP contribution in [-0.2, 0) is 4.74 Å². The van der Waals surface area contributed by atoms with Crippen LogP contribution in [0.2, 0.25) is 0 Å². The van der Waals surface area contributed by atoms with Crippen molar-refractivity contribution in [3.63, 3.8) is 0 Å². The summed E-state index contributed by atoms with van der Waals surface area (Å²) in [6.07, 6.45) is 0.761. The Morgan fingerprint density at radius 3 is 2.87 bits per heavy atom. The Bertz CT molecular complexity index is 366. The molecule has 1 aliphatic rings. The summed E-state index contributed by atoms with van der Waals surface area (Å²) in [5, 5.41) is 0. The molecule has 0 bridgehead atoms. The molecule has 1 aliphatic heterocycles. The first-order chi connectivity index (χ1) is 7.09. The fraction of sp³-hybridized carbons (Fsp3) is 0.545. The van der Waals surface area contributed by atoms with Gasteiger partial charge in [0.05, 0.1) is 8.66 Å². The van der Waals surface area contributed by atoms with E-state index in [1.165, 1.54) is 11.3 Å². The van der Waals surface area contributed by atoms with Crippen LogP contribution in [-0.4, -0.2) is 18.5 Å². The van der Waals surface area contributed by atoms with Gasteiger partial charge in [-0.1, -0.05) is 6.92 Å². The Labute approximate surface area is 102 Å². The highest BCUT2D eigenvalue weighted by Gasteiger charge is 2.32. The summed E-state index contributed by atoms with van der Waals surface area (Å²) < 4.78 is 6.51. The van der Waals surface area contributed by atoms with Crippen molar-refractivity contribution >= 4 is 33.0 Å². The molecule has 2 atom stereocenters. The molecule has 2 unspecified atom stereocenters. The molecule has 15 heavy (non-hydrogen) atoms. The molecule has 1 aromatic rings. The van der Waals surface area contributed by atoms with Crippen molar-refractivity contribution in [2.75, 3.05) is 6.61 Å². The standard InChI is InChI=1S/C11H13BrO2S/c1-6-3-4-14-10(6)9(13)8-5-7(2)11(12)15-8/h5-6,10H,3-4H2,1-2H3. The maximum atomic E-state index is 12.1. The number of halogens is 1. The van der Waals surface area contributed by atoms with E-state index in [1.807, 2.05) is 13.0 Å². The summed E-state index contributed by atoms with van der Waals surface area (Å²) >= 11 is 4.93. The number of rotatable bonds is 2. The van der Waals surface area contributed by atoms with E-state index in [9.17, 15) is 4.79 Å². The number of hydrogen-bond acceptors (Lipinski definition) is 3. The van der Waals surface area contributed by atoms with Gasteiger partial charge in [0.25, 0.3) is 0 Å². The molecule has 0 N–H and O–H groups in total. The average molecular weight is 289 g/mol. The maximum Gasteiger partial charge on any atom is 0.201 e. The lowest BCUT2D eigenvalue weighted by Gasteiger charge is -2.11. The van der Waals surface area contributed by atoms with Crippen LogP contribution in [0.15, 0.2) is 9.85 Å². The van der Waals surface area contributed by atoms with Gasteiger partial charge in [-0.05, 0) is 46.8 Å². The average Bonchev–Trinajstić information content (AvgIpc) is 2.74. The Balaban J connectivity index is 2.20. The Morgan fingerprint density at radius 2 is 2.40 bits per heavy atom. The summed E-state index contributed by atoms with van der Waals surface area (Å²) in [6.45, 7) is 4.78. The van der Waals surface area contributed by atoms with Crippen molar-refractivity contribution in [3.8, 4) is 0 Å². The summed E-state index contributed by atoms with van der Waals surface area (Å²) in [5.41, 5.74) is 1.12. The van der Waals surface area contributed by atoms with Crippen LogP contribution >= 0.6 is 27.3 Å². The first kappa shape index (κ1) is 11.3. The lowest BCUT2D eigenvalue weighted by molar-refractivity contribution is 0.0583. The van der Waals surface area contributed by atoms with Crippen molar-refractivity contribution < 1.29 is 9.53 Å². The summed E-state index contributed by atoms with van der Waals surface area (Å²) in [5.74, 6) is 0.484. The third-order valence-corrected chi connectivity index (χ3v) is 4.90. The van der Waals surface area contributed by atoms with Gasteiger partial charge in [0.2, 0.25) is 5.78 Å². The second kappa shape index (κ2) is 4.36. The van der Waals surface area contributed by atoms with E-state index in [-0.39, 0.29) is 11.9 Å². The third-order valence-electron chi connectivity index (χ3n) is 2.75. The molecule has 2 heterocycles.